The maximum absolute atomic E-state index is 14.6. The van der Waals surface area contributed by atoms with Gasteiger partial charge in [0.05, 0.1) is 10.6 Å². The lowest BCUT2D eigenvalue weighted by Crippen LogP contribution is -2.56. The van der Waals surface area contributed by atoms with Crippen LogP contribution in [-0.4, -0.2) is 43.3 Å². The summed E-state index contributed by atoms with van der Waals surface area (Å²) in [4.78, 5) is 30.1. The SMILES string of the molecule is Cc1ccc(S(=O)(=O)N(CC(=O)N(Cc2ccc(Cl)cc2)[C@H](Cc2ccccc2)C(=O)NC(C)(C)C)c2cc(Cl)ccc2C)cc1. The van der Waals surface area contributed by atoms with E-state index >= 15 is 0 Å². The van der Waals surface area contributed by atoms with E-state index in [1.165, 1.54) is 23.1 Å². The van der Waals surface area contributed by atoms with E-state index in [9.17, 15) is 18.0 Å². The summed E-state index contributed by atoms with van der Waals surface area (Å²) < 4.78 is 29.6. The highest BCUT2D eigenvalue weighted by molar-refractivity contribution is 7.92. The summed E-state index contributed by atoms with van der Waals surface area (Å²) in [5.41, 5.74) is 2.77. The number of halogens is 2. The molecule has 2 amide bonds. The highest BCUT2D eigenvalue weighted by Gasteiger charge is 2.36. The average molecular weight is 681 g/mol. The molecule has 0 aliphatic rings. The molecule has 0 aliphatic heterocycles. The summed E-state index contributed by atoms with van der Waals surface area (Å²) in [5.74, 6) is -0.916. The second kappa shape index (κ2) is 14.7. The lowest BCUT2D eigenvalue weighted by Gasteiger charge is -2.35. The van der Waals surface area contributed by atoms with Crippen molar-refractivity contribution in [3.05, 3.63) is 129 Å². The van der Waals surface area contributed by atoms with E-state index in [0.29, 0.717) is 15.6 Å². The number of rotatable bonds is 11. The number of nitrogens with one attached hydrogen (secondary N) is 1. The van der Waals surface area contributed by atoms with Gasteiger partial charge in [0.25, 0.3) is 10.0 Å². The van der Waals surface area contributed by atoms with Crippen LogP contribution in [0.1, 0.15) is 43.0 Å². The van der Waals surface area contributed by atoms with Crippen LogP contribution in [0.3, 0.4) is 0 Å². The summed E-state index contributed by atoms with van der Waals surface area (Å²) in [7, 11) is -4.24. The first-order valence-electron chi connectivity index (χ1n) is 14.9. The molecule has 4 aromatic carbocycles. The molecule has 1 N–H and O–H groups in total. The molecule has 0 fully saturated rings. The van der Waals surface area contributed by atoms with Crippen LogP contribution in [-0.2, 0) is 32.6 Å². The highest BCUT2D eigenvalue weighted by atomic mass is 35.5. The molecule has 0 radical (unpaired) electrons. The molecule has 4 rings (SSSR count). The van der Waals surface area contributed by atoms with E-state index in [2.05, 4.69) is 5.32 Å². The van der Waals surface area contributed by atoms with Gasteiger partial charge in [0, 0.05) is 28.5 Å². The van der Waals surface area contributed by atoms with Gasteiger partial charge < -0.3 is 10.2 Å². The fourth-order valence-corrected chi connectivity index (χ4v) is 6.76. The van der Waals surface area contributed by atoms with E-state index in [4.69, 9.17) is 23.2 Å². The average Bonchev–Trinajstić information content (AvgIpc) is 2.99. The van der Waals surface area contributed by atoms with Gasteiger partial charge in [-0.3, -0.25) is 13.9 Å². The molecule has 242 valence electrons. The maximum atomic E-state index is 14.6. The molecule has 0 saturated carbocycles. The van der Waals surface area contributed by atoms with Crippen molar-refractivity contribution in [2.45, 2.75) is 64.1 Å². The molecule has 0 spiro atoms. The number of benzene rings is 4. The number of carbonyl (C=O) groups excluding carboxylic acids is 2. The second-order valence-corrected chi connectivity index (χ2v) is 15.1. The molecule has 0 aliphatic carbocycles. The summed E-state index contributed by atoms with van der Waals surface area (Å²) in [6, 6.07) is 26.8. The summed E-state index contributed by atoms with van der Waals surface area (Å²) in [6.45, 7) is 8.70. The fourth-order valence-electron chi connectivity index (χ4n) is 5.00. The molecule has 0 unspecified atom stereocenters. The number of aryl methyl sites for hydroxylation is 2. The van der Waals surface area contributed by atoms with Crippen LogP contribution in [0.15, 0.2) is 102 Å². The summed E-state index contributed by atoms with van der Waals surface area (Å²) in [6.07, 6.45) is 0.211. The van der Waals surface area contributed by atoms with Crippen molar-refractivity contribution in [1.82, 2.24) is 10.2 Å². The van der Waals surface area contributed by atoms with Gasteiger partial charge in [0.2, 0.25) is 11.8 Å². The minimum Gasteiger partial charge on any atom is -0.350 e. The third kappa shape index (κ3) is 9.12. The third-order valence-corrected chi connectivity index (χ3v) is 9.62. The summed E-state index contributed by atoms with van der Waals surface area (Å²) >= 11 is 12.5. The minimum absolute atomic E-state index is 0.0286. The molecule has 0 aromatic heterocycles. The lowest BCUT2D eigenvalue weighted by molar-refractivity contribution is -0.140. The molecular weight excluding hydrogens is 641 g/mol. The van der Waals surface area contributed by atoms with Crippen LogP contribution < -0.4 is 9.62 Å². The molecule has 7 nitrogen and oxygen atoms in total. The Morgan fingerprint density at radius 2 is 1.41 bits per heavy atom. The normalized spacial score (nSPS) is 12.3. The zero-order valence-corrected chi connectivity index (χ0v) is 29.0. The quantitative estimate of drug-likeness (QED) is 0.179. The van der Waals surface area contributed by atoms with Gasteiger partial charge in [-0.05, 0) is 87.7 Å². The van der Waals surface area contributed by atoms with Gasteiger partial charge in [-0.25, -0.2) is 8.42 Å². The van der Waals surface area contributed by atoms with Crippen molar-refractivity contribution in [2.24, 2.45) is 0 Å². The van der Waals surface area contributed by atoms with E-state index in [1.807, 2.05) is 58.0 Å². The van der Waals surface area contributed by atoms with Crippen molar-refractivity contribution < 1.29 is 18.0 Å². The second-order valence-electron chi connectivity index (χ2n) is 12.3. The number of carbonyl (C=O) groups is 2. The largest absolute Gasteiger partial charge is 0.350 e. The first kappa shape index (κ1) is 35.0. The monoisotopic (exact) mass is 679 g/mol. The standard InChI is InChI=1S/C36H39Cl2N3O4S/c1-25-11-19-31(20-12-25)46(44,45)41(32-22-30(38)16-13-26(32)2)24-34(42)40(23-28-14-17-29(37)18-15-28)33(35(43)39-36(3,4)5)21-27-9-7-6-8-10-27/h6-20,22,33H,21,23-24H2,1-5H3,(H,39,43)/t33-/m1/s1. The molecule has 10 heteroatoms. The van der Waals surface area contributed by atoms with Crippen LogP contribution >= 0.6 is 23.2 Å². The molecular formula is C36H39Cl2N3O4S. The van der Waals surface area contributed by atoms with E-state index in [1.54, 1.807) is 55.5 Å². The van der Waals surface area contributed by atoms with Gasteiger partial charge in [-0.15, -0.1) is 0 Å². The topological polar surface area (TPSA) is 86.8 Å². The molecule has 0 heterocycles. The highest BCUT2D eigenvalue weighted by Crippen LogP contribution is 2.30. The van der Waals surface area contributed by atoms with Crippen LogP contribution in [0, 0.1) is 13.8 Å². The number of hydrogen-bond donors (Lipinski definition) is 1. The Bertz CT molecular complexity index is 1770. The van der Waals surface area contributed by atoms with Crippen molar-refractivity contribution in [2.75, 3.05) is 10.8 Å². The Morgan fingerprint density at radius 1 is 0.804 bits per heavy atom. The number of nitrogens with zero attached hydrogens (tertiary/aromatic N) is 2. The Kier molecular flexibility index (Phi) is 11.2. The van der Waals surface area contributed by atoms with Gasteiger partial charge in [0.1, 0.15) is 12.6 Å². The molecule has 0 bridgehead atoms. The molecule has 4 aromatic rings. The predicted molar refractivity (Wildman–Crippen MR) is 186 cm³/mol. The summed E-state index contributed by atoms with van der Waals surface area (Å²) in [5, 5.41) is 3.88. The smallest absolute Gasteiger partial charge is 0.264 e. The van der Waals surface area contributed by atoms with Gasteiger partial charge in [-0.2, -0.15) is 0 Å². The first-order chi connectivity index (χ1) is 21.6. The van der Waals surface area contributed by atoms with Crippen LogP contribution in [0.25, 0.3) is 0 Å². The van der Waals surface area contributed by atoms with Crippen molar-refractivity contribution in [1.29, 1.82) is 0 Å². The Balaban J connectivity index is 1.84. The van der Waals surface area contributed by atoms with E-state index < -0.39 is 34.1 Å². The zero-order valence-electron chi connectivity index (χ0n) is 26.6. The predicted octanol–water partition coefficient (Wildman–Crippen LogP) is 7.36. The van der Waals surface area contributed by atoms with E-state index in [-0.39, 0.29) is 29.5 Å². The minimum atomic E-state index is -4.24. The van der Waals surface area contributed by atoms with Crippen molar-refractivity contribution >= 4 is 50.7 Å². The molecule has 0 saturated heterocycles. The van der Waals surface area contributed by atoms with Crippen molar-refractivity contribution in [3.8, 4) is 0 Å². The Labute approximate surface area is 282 Å². The van der Waals surface area contributed by atoms with E-state index in [0.717, 1.165) is 21.0 Å². The Hall–Kier alpha value is -3.85. The number of sulfonamides is 1. The van der Waals surface area contributed by atoms with Gasteiger partial charge in [-0.1, -0.05) is 89.4 Å². The molecule has 1 atom stereocenters. The maximum Gasteiger partial charge on any atom is 0.264 e. The number of anilines is 1. The zero-order chi connectivity index (χ0) is 33.6. The number of hydrogen-bond acceptors (Lipinski definition) is 4. The lowest BCUT2D eigenvalue weighted by atomic mass is 10.0. The third-order valence-electron chi connectivity index (χ3n) is 7.36. The van der Waals surface area contributed by atoms with Gasteiger partial charge >= 0.3 is 0 Å². The first-order valence-corrected chi connectivity index (χ1v) is 17.1. The number of amides is 2. The Morgan fingerprint density at radius 3 is 2.02 bits per heavy atom. The van der Waals surface area contributed by atoms with Crippen molar-refractivity contribution in [3.63, 3.8) is 0 Å². The van der Waals surface area contributed by atoms with Gasteiger partial charge in [0.15, 0.2) is 0 Å². The molecule has 46 heavy (non-hydrogen) atoms. The van der Waals surface area contributed by atoms with Crippen LogP contribution in [0.2, 0.25) is 10.0 Å². The fraction of sp³-hybridized carbons (Fsp3) is 0.278. The van der Waals surface area contributed by atoms with Crippen LogP contribution in [0.5, 0.6) is 0 Å². The van der Waals surface area contributed by atoms with Crippen LogP contribution in [0.4, 0.5) is 5.69 Å².